The van der Waals surface area contributed by atoms with Gasteiger partial charge in [-0.1, -0.05) is 36.4 Å². The van der Waals surface area contributed by atoms with Crippen molar-refractivity contribution in [2.45, 2.75) is 13.0 Å². The van der Waals surface area contributed by atoms with E-state index < -0.39 is 0 Å². The molecule has 0 radical (unpaired) electrons. The Morgan fingerprint density at radius 2 is 1.26 bits per heavy atom. The van der Waals surface area contributed by atoms with E-state index in [4.69, 9.17) is 0 Å². The zero-order chi connectivity index (χ0) is 13.7. The Morgan fingerprint density at radius 3 is 1.79 bits per heavy atom. The molecule has 1 atom stereocenters. The second kappa shape index (κ2) is 6.28. The molecule has 2 aromatic carbocycles. The van der Waals surface area contributed by atoms with Crippen LogP contribution in [-0.4, -0.2) is 26.7 Å². The third kappa shape index (κ3) is 3.50. The van der Waals surface area contributed by atoms with Gasteiger partial charge in [0.1, 0.15) is 0 Å². The molecule has 0 amide bonds. The van der Waals surface area contributed by atoms with Gasteiger partial charge in [0.25, 0.3) is 0 Å². The summed E-state index contributed by atoms with van der Waals surface area (Å²) >= 11 is 0. The number of para-hydroxylation sites is 2. The van der Waals surface area contributed by atoms with Gasteiger partial charge in [-0.3, -0.25) is 0 Å². The van der Waals surface area contributed by atoms with Gasteiger partial charge < -0.3 is 9.80 Å². The van der Waals surface area contributed by atoms with Crippen molar-refractivity contribution in [3.63, 3.8) is 0 Å². The molecule has 0 heterocycles. The summed E-state index contributed by atoms with van der Waals surface area (Å²) in [5.74, 6) is 0. The van der Waals surface area contributed by atoms with E-state index in [-0.39, 0.29) is 0 Å². The molecule has 0 aromatic heterocycles. The highest BCUT2D eigenvalue weighted by Crippen LogP contribution is 2.17. The molecule has 0 fully saturated rings. The lowest BCUT2D eigenvalue weighted by Crippen LogP contribution is -2.38. The van der Waals surface area contributed by atoms with E-state index in [2.05, 4.69) is 91.5 Å². The smallest absolute Gasteiger partial charge is 0.0433 e. The van der Waals surface area contributed by atoms with Crippen molar-refractivity contribution in [3.05, 3.63) is 60.7 Å². The van der Waals surface area contributed by atoms with Crippen LogP contribution in [0.5, 0.6) is 0 Å². The molecule has 2 rings (SSSR count). The molecule has 0 aliphatic rings. The van der Waals surface area contributed by atoms with Gasteiger partial charge >= 0.3 is 0 Å². The first-order valence-corrected chi connectivity index (χ1v) is 6.72. The Kier molecular flexibility index (Phi) is 4.45. The van der Waals surface area contributed by atoms with E-state index in [0.717, 1.165) is 6.54 Å². The summed E-state index contributed by atoms with van der Waals surface area (Å²) in [5.41, 5.74) is 2.52. The van der Waals surface area contributed by atoms with Gasteiger partial charge in [0, 0.05) is 38.1 Å². The number of hydrogen-bond acceptors (Lipinski definition) is 2. The lowest BCUT2D eigenvalue weighted by Gasteiger charge is -2.31. The summed E-state index contributed by atoms with van der Waals surface area (Å²) in [7, 11) is 4.30. The van der Waals surface area contributed by atoms with E-state index in [1.807, 2.05) is 0 Å². The van der Waals surface area contributed by atoms with Crippen molar-refractivity contribution >= 4 is 11.4 Å². The monoisotopic (exact) mass is 254 g/mol. The Labute approximate surface area is 116 Å². The van der Waals surface area contributed by atoms with Crippen LogP contribution in [0.4, 0.5) is 11.4 Å². The average Bonchev–Trinajstić information content (AvgIpc) is 2.48. The van der Waals surface area contributed by atoms with Gasteiger partial charge in [0.05, 0.1) is 0 Å². The molecule has 2 aromatic rings. The van der Waals surface area contributed by atoms with E-state index in [9.17, 15) is 0 Å². The number of likely N-dealkylation sites (N-methyl/N-ethyl adjacent to an activating group) is 2. The molecule has 0 spiro atoms. The first kappa shape index (κ1) is 13.5. The van der Waals surface area contributed by atoms with Gasteiger partial charge in [0.2, 0.25) is 0 Å². The molecule has 0 aliphatic heterocycles. The molecular formula is C17H22N2. The van der Waals surface area contributed by atoms with E-state index in [1.54, 1.807) is 0 Å². The Morgan fingerprint density at radius 1 is 0.789 bits per heavy atom. The van der Waals surface area contributed by atoms with Crippen molar-refractivity contribution < 1.29 is 0 Å². The van der Waals surface area contributed by atoms with Crippen LogP contribution in [0.3, 0.4) is 0 Å². The molecule has 2 nitrogen and oxygen atoms in total. The number of nitrogens with zero attached hydrogens (tertiary/aromatic N) is 2. The lowest BCUT2D eigenvalue weighted by atomic mass is 10.2. The molecule has 0 saturated carbocycles. The third-order valence-electron chi connectivity index (χ3n) is 3.56. The van der Waals surface area contributed by atoms with Crippen molar-refractivity contribution in [2.75, 3.05) is 30.4 Å². The molecule has 0 bridgehead atoms. The molecule has 19 heavy (non-hydrogen) atoms. The van der Waals surface area contributed by atoms with E-state index in [0.29, 0.717) is 6.04 Å². The third-order valence-corrected chi connectivity index (χ3v) is 3.56. The Bertz CT molecular complexity index is 481. The van der Waals surface area contributed by atoms with Crippen molar-refractivity contribution in [1.82, 2.24) is 0 Å². The molecule has 0 aliphatic carbocycles. The standard InChI is InChI=1S/C17H22N2/c1-15(19(3)17-12-8-5-9-13-17)14-18(2)16-10-6-4-7-11-16/h4-13,15H,14H2,1-3H3. The van der Waals surface area contributed by atoms with Crippen LogP contribution in [-0.2, 0) is 0 Å². The average molecular weight is 254 g/mol. The zero-order valence-electron chi connectivity index (χ0n) is 12.0. The normalized spacial score (nSPS) is 11.9. The molecule has 0 saturated heterocycles. The molecule has 2 heteroatoms. The Hall–Kier alpha value is -1.96. The number of anilines is 2. The van der Waals surface area contributed by atoms with Crippen LogP contribution in [0, 0.1) is 0 Å². The summed E-state index contributed by atoms with van der Waals surface area (Å²) in [4.78, 5) is 4.61. The highest BCUT2D eigenvalue weighted by Gasteiger charge is 2.12. The van der Waals surface area contributed by atoms with Crippen LogP contribution in [0.15, 0.2) is 60.7 Å². The fourth-order valence-electron chi connectivity index (χ4n) is 2.22. The van der Waals surface area contributed by atoms with Crippen molar-refractivity contribution in [1.29, 1.82) is 0 Å². The van der Waals surface area contributed by atoms with E-state index in [1.165, 1.54) is 11.4 Å². The molecule has 0 N–H and O–H groups in total. The zero-order valence-corrected chi connectivity index (χ0v) is 12.0. The summed E-state index contributed by atoms with van der Waals surface area (Å²) in [6.45, 7) is 3.25. The summed E-state index contributed by atoms with van der Waals surface area (Å²) in [6.07, 6.45) is 0. The molecule has 100 valence electrons. The highest BCUT2D eigenvalue weighted by atomic mass is 15.2. The highest BCUT2D eigenvalue weighted by molar-refractivity contribution is 5.48. The largest absolute Gasteiger partial charge is 0.373 e. The summed E-state index contributed by atoms with van der Waals surface area (Å²) < 4.78 is 0. The maximum absolute atomic E-state index is 2.32. The second-order valence-corrected chi connectivity index (χ2v) is 5.01. The topological polar surface area (TPSA) is 6.48 Å². The Balaban J connectivity index is 1.99. The van der Waals surface area contributed by atoms with Crippen LogP contribution in [0.2, 0.25) is 0 Å². The first-order valence-electron chi connectivity index (χ1n) is 6.72. The predicted molar refractivity (Wildman–Crippen MR) is 84.0 cm³/mol. The maximum atomic E-state index is 2.32. The van der Waals surface area contributed by atoms with Crippen LogP contribution in [0.1, 0.15) is 6.92 Å². The molecule has 1 unspecified atom stereocenters. The van der Waals surface area contributed by atoms with E-state index >= 15 is 0 Å². The maximum Gasteiger partial charge on any atom is 0.0433 e. The quantitative estimate of drug-likeness (QED) is 0.803. The van der Waals surface area contributed by atoms with Gasteiger partial charge in [0.15, 0.2) is 0 Å². The second-order valence-electron chi connectivity index (χ2n) is 5.01. The van der Waals surface area contributed by atoms with Crippen LogP contribution < -0.4 is 9.80 Å². The van der Waals surface area contributed by atoms with Gasteiger partial charge in [-0.2, -0.15) is 0 Å². The van der Waals surface area contributed by atoms with Crippen LogP contribution >= 0.6 is 0 Å². The molecular weight excluding hydrogens is 232 g/mol. The fraction of sp³-hybridized carbons (Fsp3) is 0.294. The minimum atomic E-state index is 0.451. The SMILES string of the molecule is CC(CN(C)c1ccccc1)N(C)c1ccccc1. The summed E-state index contributed by atoms with van der Waals surface area (Å²) in [6, 6.07) is 21.5. The van der Waals surface area contributed by atoms with Gasteiger partial charge in [-0.15, -0.1) is 0 Å². The fourth-order valence-corrected chi connectivity index (χ4v) is 2.22. The minimum Gasteiger partial charge on any atom is -0.373 e. The first-order chi connectivity index (χ1) is 9.18. The lowest BCUT2D eigenvalue weighted by molar-refractivity contribution is 0.671. The predicted octanol–water partition coefficient (Wildman–Crippen LogP) is 3.65. The van der Waals surface area contributed by atoms with Crippen molar-refractivity contribution in [3.8, 4) is 0 Å². The van der Waals surface area contributed by atoms with Crippen LogP contribution in [0.25, 0.3) is 0 Å². The number of hydrogen-bond donors (Lipinski definition) is 0. The summed E-state index contributed by atoms with van der Waals surface area (Å²) in [5, 5.41) is 0. The van der Waals surface area contributed by atoms with Gasteiger partial charge in [-0.05, 0) is 31.2 Å². The van der Waals surface area contributed by atoms with Gasteiger partial charge in [-0.25, -0.2) is 0 Å². The number of rotatable bonds is 5. The minimum absolute atomic E-state index is 0.451. The van der Waals surface area contributed by atoms with Crippen molar-refractivity contribution in [2.24, 2.45) is 0 Å². The number of benzene rings is 2.